The molecule has 2 rings (SSSR count). The molecule has 0 saturated carbocycles. The lowest BCUT2D eigenvalue weighted by Gasteiger charge is -2.27. The molecule has 17 heavy (non-hydrogen) atoms. The number of anilines is 2. The number of nitrogen functional groups attached to an aromatic ring is 1. The van der Waals surface area contributed by atoms with Gasteiger partial charge in [0.15, 0.2) is 0 Å². The average Bonchev–Trinajstić information content (AvgIpc) is 2.38. The zero-order valence-corrected chi connectivity index (χ0v) is 10.7. The van der Waals surface area contributed by atoms with E-state index in [0.717, 1.165) is 42.5 Å². The van der Waals surface area contributed by atoms with Crippen molar-refractivity contribution in [3.63, 3.8) is 0 Å². The average molecular weight is 235 g/mol. The highest BCUT2D eigenvalue weighted by Gasteiger charge is 2.16. The van der Waals surface area contributed by atoms with E-state index < -0.39 is 0 Å². The van der Waals surface area contributed by atoms with Gasteiger partial charge in [-0.25, -0.2) is 10.8 Å². The fourth-order valence-electron chi connectivity index (χ4n) is 2.36. The Labute approximate surface area is 102 Å². The topological polar surface area (TPSA) is 67.1 Å². The van der Waals surface area contributed by atoms with Gasteiger partial charge in [0.2, 0.25) is 5.95 Å². The van der Waals surface area contributed by atoms with Crippen LogP contribution in [0.5, 0.6) is 0 Å². The first-order valence-electron chi connectivity index (χ1n) is 6.35. The third-order valence-electron chi connectivity index (χ3n) is 3.33. The van der Waals surface area contributed by atoms with Crippen molar-refractivity contribution in [3.05, 3.63) is 11.3 Å². The quantitative estimate of drug-likeness (QED) is 0.615. The Kier molecular flexibility index (Phi) is 3.78. The lowest BCUT2D eigenvalue weighted by Crippen LogP contribution is -2.31. The minimum Gasteiger partial charge on any atom is -0.341 e. The Morgan fingerprint density at radius 3 is 2.53 bits per heavy atom. The minimum absolute atomic E-state index is 0.764. The van der Waals surface area contributed by atoms with Crippen LogP contribution in [0.15, 0.2) is 0 Å². The summed E-state index contributed by atoms with van der Waals surface area (Å²) in [6, 6.07) is 0. The van der Waals surface area contributed by atoms with Crippen LogP contribution in [0.2, 0.25) is 0 Å². The molecule has 1 fully saturated rings. The molecule has 1 aromatic heterocycles. The van der Waals surface area contributed by atoms with Gasteiger partial charge in [0.1, 0.15) is 5.82 Å². The first-order valence-corrected chi connectivity index (χ1v) is 6.35. The largest absolute Gasteiger partial charge is 0.341 e. The number of aryl methyl sites for hydroxylation is 1. The normalized spacial score (nSPS) is 16.1. The van der Waals surface area contributed by atoms with Gasteiger partial charge in [-0.2, -0.15) is 4.98 Å². The number of piperidine rings is 1. The zero-order valence-electron chi connectivity index (χ0n) is 10.7. The molecule has 5 heteroatoms. The van der Waals surface area contributed by atoms with Gasteiger partial charge >= 0.3 is 0 Å². The first-order chi connectivity index (χ1) is 8.26. The van der Waals surface area contributed by atoms with Crippen LogP contribution in [-0.2, 0) is 6.42 Å². The molecule has 0 aliphatic carbocycles. The molecule has 94 valence electrons. The summed E-state index contributed by atoms with van der Waals surface area (Å²) in [6.07, 6.45) is 4.66. The molecule has 0 bridgehead atoms. The van der Waals surface area contributed by atoms with Crippen molar-refractivity contribution in [2.24, 2.45) is 5.84 Å². The Hall–Kier alpha value is -1.36. The van der Waals surface area contributed by atoms with Gasteiger partial charge in [-0.05, 0) is 32.6 Å². The van der Waals surface area contributed by atoms with Crippen molar-refractivity contribution in [1.29, 1.82) is 0 Å². The lowest BCUT2D eigenvalue weighted by atomic mass is 10.1. The monoisotopic (exact) mass is 235 g/mol. The van der Waals surface area contributed by atoms with E-state index in [1.807, 2.05) is 6.92 Å². The van der Waals surface area contributed by atoms with Crippen molar-refractivity contribution in [2.75, 3.05) is 23.4 Å². The molecule has 5 nitrogen and oxygen atoms in total. The van der Waals surface area contributed by atoms with E-state index in [9.17, 15) is 0 Å². The summed E-state index contributed by atoms with van der Waals surface area (Å²) in [5.41, 5.74) is 4.82. The molecular weight excluding hydrogens is 214 g/mol. The Bertz CT molecular complexity index is 385. The van der Waals surface area contributed by atoms with E-state index in [-0.39, 0.29) is 0 Å². The molecule has 0 amide bonds. The third kappa shape index (κ3) is 2.49. The highest BCUT2D eigenvalue weighted by Crippen LogP contribution is 2.22. The van der Waals surface area contributed by atoms with Crippen molar-refractivity contribution >= 4 is 11.8 Å². The molecule has 0 unspecified atom stereocenters. The molecule has 0 atom stereocenters. The maximum Gasteiger partial charge on any atom is 0.227 e. The van der Waals surface area contributed by atoms with E-state index in [1.54, 1.807) is 0 Å². The highest BCUT2D eigenvalue weighted by atomic mass is 15.3. The van der Waals surface area contributed by atoms with Crippen LogP contribution in [0.25, 0.3) is 0 Å². The molecule has 3 N–H and O–H groups in total. The number of nitrogens with zero attached hydrogens (tertiary/aromatic N) is 3. The second-order valence-electron chi connectivity index (χ2n) is 4.48. The van der Waals surface area contributed by atoms with Gasteiger partial charge in [0.25, 0.3) is 0 Å². The Balaban J connectivity index is 2.31. The van der Waals surface area contributed by atoms with Gasteiger partial charge in [-0.1, -0.05) is 6.92 Å². The highest BCUT2D eigenvalue weighted by molar-refractivity contribution is 5.50. The summed E-state index contributed by atoms with van der Waals surface area (Å²) in [6.45, 7) is 6.21. The summed E-state index contributed by atoms with van der Waals surface area (Å²) in [5.74, 6) is 7.11. The van der Waals surface area contributed by atoms with Crippen LogP contribution in [0.4, 0.5) is 11.8 Å². The number of nitrogens with two attached hydrogens (primary N) is 1. The molecule has 1 aliphatic rings. The number of hydrogen-bond acceptors (Lipinski definition) is 5. The maximum atomic E-state index is 5.53. The van der Waals surface area contributed by atoms with Crippen molar-refractivity contribution in [2.45, 2.75) is 39.5 Å². The molecule has 0 radical (unpaired) electrons. The van der Waals surface area contributed by atoms with Crippen molar-refractivity contribution < 1.29 is 0 Å². The first kappa shape index (κ1) is 12.1. The van der Waals surface area contributed by atoms with Crippen LogP contribution in [0.1, 0.15) is 37.4 Å². The van der Waals surface area contributed by atoms with Gasteiger partial charge in [0, 0.05) is 24.3 Å². The molecule has 1 aliphatic heterocycles. The van der Waals surface area contributed by atoms with Crippen LogP contribution in [-0.4, -0.2) is 23.1 Å². The molecule has 0 spiro atoms. The summed E-state index contributed by atoms with van der Waals surface area (Å²) in [4.78, 5) is 11.4. The van der Waals surface area contributed by atoms with Crippen LogP contribution < -0.4 is 16.2 Å². The van der Waals surface area contributed by atoms with E-state index in [1.165, 1.54) is 19.3 Å². The number of rotatable bonds is 3. The van der Waals surface area contributed by atoms with Gasteiger partial charge in [-0.15, -0.1) is 0 Å². The van der Waals surface area contributed by atoms with Crippen LogP contribution in [0, 0.1) is 6.92 Å². The van der Waals surface area contributed by atoms with E-state index in [4.69, 9.17) is 5.84 Å². The van der Waals surface area contributed by atoms with E-state index in [2.05, 4.69) is 27.2 Å². The predicted octanol–water partition coefficient (Wildman–Crippen LogP) is 1.62. The standard InChI is InChI=1S/C12H21N5/c1-3-10-9(2)14-12(15-11(10)16-13)17-7-5-4-6-8-17/h3-8,13H2,1-2H3,(H,14,15,16). The molecule has 1 saturated heterocycles. The van der Waals surface area contributed by atoms with E-state index >= 15 is 0 Å². The number of hydrazine groups is 1. The summed E-state index contributed by atoms with van der Waals surface area (Å²) >= 11 is 0. The van der Waals surface area contributed by atoms with Gasteiger partial charge < -0.3 is 10.3 Å². The molecular formula is C12H21N5. The summed E-state index contributed by atoms with van der Waals surface area (Å²) in [5, 5.41) is 0. The SMILES string of the molecule is CCc1c(C)nc(N2CCCCC2)nc1NN. The minimum atomic E-state index is 0.764. The predicted molar refractivity (Wildman–Crippen MR) is 70.0 cm³/mol. The van der Waals surface area contributed by atoms with Crippen LogP contribution in [0.3, 0.4) is 0 Å². The summed E-state index contributed by atoms with van der Waals surface area (Å²) in [7, 11) is 0. The second kappa shape index (κ2) is 5.31. The smallest absolute Gasteiger partial charge is 0.227 e. The maximum absolute atomic E-state index is 5.53. The van der Waals surface area contributed by atoms with Gasteiger partial charge in [-0.3, -0.25) is 0 Å². The second-order valence-corrected chi connectivity index (χ2v) is 4.48. The zero-order chi connectivity index (χ0) is 12.3. The van der Waals surface area contributed by atoms with E-state index in [0.29, 0.717) is 0 Å². The van der Waals surface area contributed by atoms with Crippen molar-refractivity contribution in [1.82, 2.24) is 9.97 Å². The summed E-state index contributed by atoms with van der Waals surface area (Å²) < 4.78 is 0. The Morgan fingerprint density at radius 2 is 1.94 bits per heavy atom. The molecule has 0 aromatic carbocycles. The van der Waals surface area contributed by atoms with Crippen molar-refractivity contribution in [3.8, 4) is 0 Å². The Morgan fingerprint density at radius 1 is 1.24 bits per heavy atom. The molecule has 2 heterocycles. The third-order valence-corrected chi connectivity index (χ3v) is 3.33. The van der Waals surface area contributed by atoms with Crippen LogP contribution >= 0.6 is 0 Å². The lowest BCUT2D eigenvalue weighted by molar-refractivity contribution is 0.567. The van der Waals surface area contributed by atoms with Gasteiger partial charge in [0.05, 0.1) is 0 Å². The number of nitrogens with one attached hydrogen (secondary N) is 1. The number of hydrogen-bond donors (Lipinski definition) is 2. The molecule has 1 aromatic rings. The fraction of sp³-hybridized carbons (Fsp3) is 0.667. The fourth-order valence-corrected chi connectivity index (χ4v) is 2.36. The number of aromatic nitrogens is 2.